The summed E-state index contributed by atoms with van der Waals surface area (Å²) in [6, 6.07) is 13.3. The molecule has 2 N–H and O–H groups in total. The Morgan fingerprint density at radius 3 is 2.64 bits per heavy atom. The van der Waals surface area contributed by atoms with Crippen molar-refractivity contribution in [1.29, 1.82) is 0 Å². The van der Waals surface area contributed by atoms with Crippen LogP contribution in [0, 0.1) is 13.8 Å². The second-order valence-electron chi connectivity index (χ2n) is 5.84. The minimum Gasteiger partial charge on any atom is -0.381 e. The van der Waals surface area contributed by atoms with E-state index in [1.165, 1.54) is 0 Å². The predicted octanol–water partition coefficient (Wildman–Crippen LogP) is 3.96. The highest BCUT2D eigenvalue weighted by atomic mass is 16.1. The van der Waals surface area contributed by atoms with E-state index in [9.17, 15) is 4.79 Å². The van der Waals surface area contributed by atoms with Gasteiger partial charge in [-0.1, -0.05) is 12.1 Å². The van der Waals surface area contributed by atoms with Crippen molar-refractivity contribution in [2.24, 2.45) is 0 Å². The maximum Gasteiger partial charge on any atom is 0.274 e. The molecule has 2 heterocycles. The van der Waals surface area contributed by atoms with E-state index in [2.05, 4.69) is 20.6 Å². The third kappa shape index (κ3) is 4.20. The van der Waals surface area contributed by atoms with Crippen molar-refractivity contribution in [3.8, 4) is 0 Å². The molecular weight excluding hydrogens is 312 g/mol. The highest BCUT2D eigenvalue weighted by Gasteiger charge is 2.10. The quantitative estimate of drug-likeness (QED) is 0.742. The number of amides is 1. The fraction of sp³-hybridized carbons (Fsp3) is 0.150. The number of anilines is 2. The number of pyridine rings is 2. The topological polar surface area (TPSA) is 66.9 Å². The number of nitrogens with zero attached hydrogens (tertiary/aromatic N) is 2. The number of hydrogen-bond donors (Lipinski definition) is 2. The molecule has 0 unspecified atom stereocenters. The highest BCUT2D eigenvalue weighted by Crippen LogP contribution is 2.19. The van der Waals surface area contributed by atoms with E-state index in [4.69, 9.17) is 0 Å². The van der Waals surface area contributed by atoms with E-state index < -0.39 is 0 Å². The summed E-state index contributed by atoms with van der Waals surface area (Å²) in [7, 11) is 0. The van der Waals surface area contributed by atoms with Crippen LogP contribution in [0.15, 0.2) is 61.1 Å². The number of hydrogen-bond acceptors (Lipinski definition) is 4. The first-order valence-electron chi connectivity index (χ1n) is 8.10. The Balaban J connectivity index is 1.70. The molecule has 126 valence electrons. The average Bonchev–Trinajstić information content (AvgIpc) is 2.65. The first kappa shape index (κ1) is 16.6. The SMILES string of the molecule is Cc1cccc(NC(=O)c2cc(NCc3ccncc3)ccn2)c1C. The molecule has 0 spiro atoms. The van der Waals surface area contributed by atoms with Gasteiger partial charge in [-0.2, -0.15) is 0 Å². The molecule has 3 aromatic rings. The van der Waals surface area contributed by atoms with Gasteiger partial charge in [0.2, 0.25) is 0 Å². The van der Waals surface area contributed by atoms with Gasteiger partial charge in [-0.05, 0) is 60.9 Å². The number of benzene rings is 1. The van der Waals surface area contributed by atoms with Crippen molar-refractivity contribution in [3.05, 3.63) is 83.4 Å². The zero-order chi connectivity index (χ0) is 17.6. The van der Waals surface area contributed by atoms with Crippen molar-refractivity contribution >= 4 is 17.3 Å². The highest BCUT2D eigenvalue weighted by molar-refractivity contribution is 6.03. The summed E-state index contributed by atoms with van der Waals surface area (Å²) >= 11 is 0. The zero-order valence-electron chi connectivity index (χ0n) is 14.3. The number of rotatable bonds is 5. The van der Waals surface area contributed by atoms with E-state index in [0.717, 1.165) is 28.1 Å². The molecule has 0 atom stereocenters. The van der Waals surface area contributed by atoms with Crippen LogP contribution in [0.25, 0.3) is 0 Å². The fourth-order valence-corrected chi connectivity index (χ4v) is 2.44. The van der Waals surface area contributed by atoms with Crippen molar-refractivity contribution in [2.75, 3.05) is 10.6 Å². The van der Waals surface area contributed by atoms with Crippen LogP contribution in [-0.4, -0.2) is 15.9 Å². The number of carbonyl (C=O) groups is 1. The molecule has 1 amide bonds. The molecular formula is C20H20N4O. The molecule has 0 radical (unpaired) electrons. The second-order valence-corrected chi connectivity index (χ2v) is 5.84. The summed E-state index contributed by atoms with van der Waals surface area (Å²) in [6.07, 6.45) is 5.14. The summed E-state index contributed by atoms with van der Waals surface area (Å²) in [6.45, 7) is 4.67. The van der Waals surface area contributed by atoms with Gasteiger partial charge in [-0.3, -0.25) is 14.8 Å². The first-order chi connectivity index (χ1) is 12.1. The molecule has 5 heteroatoms. The van der Waals surface area contributed by atoms with Crippen LogP contribution in [0.3, 0.4) is 0 Å². The fourth-order valence-electron chi connectivity index (χ4n) is 2.44. The van der Waals surface area contributed by atoms with Crippen LogP contribution in [0.4, 0.5) is 11.4 Å². The molecule has 25 heavy (non-hydrogen) atoms. The monoisotopic (exact) mass is 332 g/mol. The minimum absolute atomic E-state index is 0.221. The maximum atomic E-state index is 12.5. The Hall–Kier alpha value is -3.21. The van der Waals surface area contributed by atoms with Crippen molar-refractivity contribution < 1.29 is 4.79 Å². The lowest BCUT2D eigenvalue weighted by atomic mass is 10.1. The molecule has 0 bridgehead atoms. The number of aryl methyl sites for hydroxylation is 1. The van der Waals surface area contributed by atoms with Crippen molar-refractivity contribution in [2.45, 2.75) is 20.4 Å². The Labute approximate surface area is 147 Å². The summed E-state index contributed by atoms with van der Waals surface area (Å²) in [5.74, 6) is -0.221. The molecule has 1 aromatic carbocycles. The van der Waals surface area contributed by atoms with Gasteiger partial charge in [-0.25, -0.2) is 0 Å². The number of aromatic nitrogens is 2. The average molecular weight is 332 g/mol. The molecule has 0 aliphatic heterocycles. The van der Waals surface area contributed by atoms with Crippen LogP contribution in [0.2, 0.25) is 0 Å². The van der Waals surface area contributed by atoms with Crippen LogP contribution in [0.5, 0.6) is 0 Å². The Morgan fingerprint density at radius 2 is 1.84 bits per heavy atom. The minimum atomic E-state index is -0.221. The van der Waals surface area contributed by atoms with Gasteiger partial charge >= 0.3 is 0 Å². The normalized spacial score (nSPS) is 10.3. The van der Waals surface area contributed by atoms with Gasteiger partial charge in [0.1, 0.15) is 5.69 Å². The van der Waals surface area contributed by atoms with Crippen LogP contribution < -0.4 is 10.6 Å². The smallest absolute Gasteiger partial charge is 0.274 e. The third-order valence-corrected chi connectivity index (χ3v) is 4.09. The molecule has 0 saturated carbocycles. The number of carbonyl (C=O) groups excluding carboxylic acids is 1. The summed E-state index contributed by atoms with van der Waals surface area (Å²) < 4.78 is 0. The lowest BCUT2D eigenvalue weighted by molar-refractivity contribution is 0.102. The Morgan fingerprint density at radius 1 is 1.04 bits per heavy atom. The van der Waals surface area contributed by atoms with E-state index in [1.807, 2.05) is 50.2 Å². The lowest BCUT2D eigenvalue weighted by Gasteiger charge is -2.11. The standard InChI is InChI=1S/C20H20N4O/c1-14-4-3-5-18(15(14)2)24-20(25)19-12-17(8-11-22-19)23-13-16-6-9-21-10-7-16/h3-12H,13H2,1-2H3,(H,22,23)(H,24,25). The van der Waals surface area contributed by atoms with E-state index in [-0.39, 0.29) is 5.91 Å². The summed E-state index contributed by atoms with van der Waals surface area (Å²) in [4.78, 5) is 20.7. The number of nitrogens with one attached hydrogen (secondary N) is 2. The summed E-state index contributed by atoms with van der Waals surface area (Å²) in [5.41, 5.74) is 5.34. The van der Waals surface area contributed by atoms with Crippen LogP contribution in [-0.2, 0) is 6.54 Å². The van der Waals surface area contributed by atoms with Gasteiger partial charge in [0.15, 0.2) is 0 Å². The predicted molar refractivity (Wildman–Crippen MR) is 99.7 cm³/mol. The van der Waals surface area contributed by atoms with Gasteiger partial charge in [0.25, 0.3) is 5.91 Å². The largest absolute Gasteiger partial charge is 0.381 e. The van der Waals surface area contributed by atoms with Crippen LogP contribution >= 0.6 is 0 Å². The molecule has 2 aromatic heterocycles. The molecule has 0 aliphatic rings. The van der Waals surface area contributed by atoms with Crippen LogP contribution in [0.1, 0.15) is 27.2 Å². The molecule has 5 nitrogen and oxygen atoms in total. The molecule has 0 aliphatic carbocycles. The zero-order valence-corrected chi connectivity index (χ0v) is 14.3. The van der Waals surface area contributed by atoms with E-state index >= 15 is 0 Å². The first-order valence-corrected chi connectivity index (χ1v) is 8.10. The Bertz CT molecular complexity index is 878. The van der Waals surface area contributed by atoms with Gasteiger partial charge in [0, 0.05) is 36.5 Å². The van der Waals surface area contributed by atoms with Crippen molar-refractivity contribution in [3.63, 3.8) is 0 Å². The molecule has 3 rings (SSSR count). The lowest BCUT2D eigenvalue weighted by Crippen LogP contribution is -2.15. The van der Waals surface area contributed by atoms with E-state index in [0.29, 0.717) is 12.2 Å². The van der Waals surface area contributed by atoms with Crippen molar-refractivity contribution in [1.82, 2.24) is 9.97 Å². The second kappa shape index (κ2) is 7.57. The van der Waals surface area contributed by atoms with Gasteiger partial charge in [-0.15, -0.1) is 0 Å². The van der Waals surface area contributed by atoms with Gasteiger partial charge < -0.3 is 10.6 Å². The Kier molecular flexibility index (Phi) is 5.04. The molecule has 0 fully saturated rings. The summed E-state index contributed by atoms with van der Waals surface area (Å²) in [5, 5.41) is 6.22. The van der Waals surface area contributed by atoms with E-state index in [1.54, 1.807) is 24.7 Å². The third-order valence-electron chi connectivity index (χ3n) is 4.09. The molecule has 0 saturated heterocycles. The van der Waals surface area contributed by atoms with Gasteiger partial charge in [0.05, 0.1) is 0 Å². The maximum absolute atomic E-state index is 12.5.